The van der Waals surface area contributed by atoms with E-state index in [1.165, 1.54) is 12.5 Å². The van der Waals surface area contributed by atoms with Gasteiger partial charge in [0.05, 0.1) is 0 Å². The molecular formula is C17H35NSi. The summed E-state index contributed by atoms with van der Waals surface area (Å²) >= 11 is 0. The zero-order chi connectivity index (χ0) is 14.8. The highest BCUT2D eigenvalue weighted by Gasteiger charge is 2.64. The number of hydrogen-bond acceptors (Lipinski definition) is 1. The highest BCUT2D eigenvalue weighted by molar-refractivity contribution is 6.76. The maximum absolute atomic E-state index is 2.83. The first kappa shape index (κ1) is 15.6. The minimum atomic E-state index is -0.948. The molecule has 0 aromatic heterocycles. The van der Waals surface area contributed by atoms with E-state index < -0.39 is 8.07 Å². The molecule has 0 N–H and O–H groups in total. The van der Waals surface area contributed by atoms with Crippen LogP contribution >= 0.6 is 0 Å². The van der Waals surface area contributed by atoms with E-state index in [0.717, 1.165) is 23.9 Å². The van der Waals surface area contributed by atoms with Gasteiger partial charge in [0.25, 0.3) is 0 Å². The van der Waals surface area contributed by atoms with Gasteiger partial charge in [-0.3, -0.25) is 4.90 Å². The van der Waals surface area contributed by atoms with E-state index >= 15 is 0 Å². The largest absolute Gasteiger partial charge is 0.289 e. The summed E-state index contributed by atoms with van der Waals surface area (Å²) in [5.74, 6) is 1.95. The van der Waals surface area contributed by atoms with Crippen molar-refractivity contribution in [1.29, 1.82) is 0 Å². The van der Waals surface area contributed by atoms with Crippen LogP contribution in [0.2, 0.25) is 25.7 Å². The van der Waals surface area contributed by atoms with Crippen LogP contribution in [0.4, 0.5) is 0 Å². The Morgan fingerprint density at radius 2 is 1.53 bits per heavy atom. The molecule has 5 unspecified atom stereocenters. The van der Waals surface area contributed by atoms with Crippen molar-refractivity contribution in [3.05, 3.63) is 0 Å². The molecule has 2 rings (SSSR count). The van der Waals surface area contributed by atoms with Gasteiger partial charge < -0.3 is 0 Å². The van der Waals surface area contributed by atoms with Gasteiger partial charge in [-0.05, 0) is 50.5 Å². The molecule has 112 valence electrons. The fourth-order valence-electron chi connectivity index (χ4n) is 4.17. The van der Waals surface area contributed by atoms with E-state index in [2.05, 4.69) is 66.1 Å². The maximum atomic E-state index is 2.83. The van der Waals surface area contributed by atoms with E-state index in [1.54, 1.807) is 0 Å². The normalized spacial score (nSPS) is 39.3. The fraction of sp³-hybridized carbons (Fsp3) is 1.00. The second kappa shape index (κ2) is 4.33. The Morgan fingerprint density at radius 3 is 1.84 bits per heavy atom. The lowest BCUT2D eigenvalue weighted by molar-refractivity contribution is 0.252. The number of nitrogens with zero attached hydrogens (tertiary/aromatic N) is 1. The number of rotatable bonds is 3. The third kappa shape index (κ3) is 3.44. The molecule has 1 saturated carbocycles. The highest BCUT2D eigenvalue weighted by Crippen LogP contribution is 2.60. The predicted molar refractivity (Wildman–Crippen MR) is 88.4 cm³/mol. The molecule has 1 heterocycles. The van der Waals surface area contributed by atoms with E-state index in [-0.39, 0.29) is 0 Å². The molecule has 0 radical (unpaired) electrons. The van der Waals surface area contributed by atoms with E-state index in [0.29, 0.717) is 11.0 Å². The SMILES string of the molecule is CC(C)(C)C1CC1C1C(C[Si](C)(C)C)N1C(C)(C)C. The second-order valence-corrected chi connectivity index (χ2v) is 15.8. The summed E-state index contributed by atoms with van der Waals surface area (Å²) in [4.78, 5) is 2.83. The quantitative estimate of drug-likeness (QED) is 0.527. The predicted octanol–water partition coefficient (Wildman–Crippen LogP) is 4.86. The van der Waals surface area contributed by atoms with Gasteiger partial charge in [-0.15, -0.1) is 0 Å². The lowest BCUT2D eigenvalue weighted by atomic mass is 9.88. The van der Waals surface area contributed by atoms with Crippen LogP contribution in [0.25, 0.3) is 0 Å². The van der Waals surface area contributed by atoms with Crippen LogP contribution < -0.4 is 0 Å². The average Bonchev–Trinajstić information content (AvgIpc) is 2.84. The summed E-state index contributed by atoms with van der Waals surface area (Å²) in [7, 11) is -0.948. The van der Waals surface area contributed by atoms with Crippen molar-refractivity contribution in [2.24, 2.45) is 17.3 Å². The molecule has 1 saturated heterocycles. The first-order valence-electron chi connectivity index (χ1n) is 8.11. The van der Waals surface area contributed by atoms with Crippen molar-refractivity contribution < 1.29 is 0 Å². The Balaban J connectivity index is 2.04. The topological polar surface area (TPSA) is 3.01 Å². The third-order valence-corrected chi connectivity index (χ3v) is 6.61. The molecule has 0 aromatic carbocycles. The maximum Gasteiger partial charge on any atom is 0.0458 e. The molecular weight excluding hydrogens is 246 g/mol. The Hall–Kier alpha value is 0.177. The second-order valence-electron chi connectivity index (χ2n) is 10.3. The monoisotopic (exact) mass is 281 g/mol. The molecule has 19 heavy (non-hydrogen) atoms. The van der Waals surface area contributed by atoms with Crippen molar-refractivity contribution in [3.63, 3.8) is 0 Å². The Labute approximate surface area is 122 Å². The van der Waals surface area contributed by atoms with Crippen LogP contribution in [0.1, 0.15) is 48.0 Å². The van der Waals surface area contributed by atoms with Crippen LogP contribution in [0.5, 0.6) is 0 Å². The molecule has 0 amide bonds. The van der Waals surface area contributed by atoms with Crippen LogP contribution in [0.3, 0.4) is 0 Å². The highest BCUT2D eigenvalue weighted by atomic mass is 28.3. The first-order valence-corrected chi connectivity index (χ1v) is 11.8. The van der Waals surface area contributed by atoms with Gasteiger partial charge in [0, 0.05) is 25.7 Å². The summed E-state index contributed by atoms with van der Waals surface area (Å²) in [6.07, 6.45) is 1.48. The zero-order valence-corrected chi connectivity index (χ0v) is 15.7. The van der Waals surface area contributed by atoms with Crippen molar-refractivity contribution in [3.8, 4) is 0 Å². The molecule has 2 aliphatic rings. The molecule has 0 bridgehead atoms. The van der Waals surface area contributed by atoms with Gasteiger partial charge in [-0.2, -0.15) is 0 Å². The lowest BCUT2D eigenvalue weighted by Gasteiger charge is -2.24. The number of hydrogen-bond donors (Lipinski definition) is 0. The lowest BCUT2D eigenvalue weighted by Crippen LogP contribution is -2.31. The molecule has 0 spiro atoms. The van der Waals surface area contributed by atoms with Gasteiger partial charge in [0.2, 0.25) is 0 Å². The van der Waals surface area contributed by atoms with Crippen LogP contribution in [-0.2, 0) is 0 Å². The van der Waals surface area contributed by atoms with Gasteiger partial charge in [-0.25, -0.2) is 0 Å². The van der Waals surface area contributed by atoms with Crippen LogP contribution in [0.15, 0.2) is 0 Å². The van der Waals surface area contributed by atoms with Crippen molar-refractivity contribution in [1.82, 2.24) is 4.90 Å². The van der Waals surface area contributed by atoms with E-state index in [9.17, 15) is 0 Å². The van der Waals surface area contributed by atoms with Gasteiger partial charge in [0.15, 0.2) is 0 Å². The molecule has 2 heteroatoms. The summed E-state index contributed by atoms with van der Waals surface area (Å²) in [6, 6.07) is 3.28. The summed E-state index contributed by atoms with van der Waals surface area (Å²) < 4.78 is 0. The van der Waals surface area contributed by atoms with Gasteiger partial charge in [-0.1, -0.05) is 40.4 Å². The minimum absolute atomic E-state index is 0.361. The smallest absolute Gasteiger partial charge is 0.0458 e. The molecule has 1 aliphatic carbocycles. The molecule has 2 fully saturated rings. The fourth-order valence-corrected chi connectivity index (χ4v) is 5.86. The zero-order valence-electron chi connectivity index (χ0n) is 14.7. The Bertz CT molecular complexity index is 342. The standard InChI is InChI=1S/C17H35NSi/c1-16(2,3)13-10-12(13)15-14(11-19(7,8)9)18(15)17(4,5)6/h12-15H,10-11H2,1-9H3. The Kier molecular flexibility index (Phi) is 3.55. The third-order valence-electron chi connectivity index (χ3n) is 4.97. The van der Waals surface area contributed by atoms with Crippen LogP contribution in [0, 0.1) is 17.3 Å². The van der Waals surface area contributed by atoms with Crippen molar-refractivity contribution >= 4 is 8.07 Å². The molecule has 5 atom stereocenters. The van der Waals surface area contributed by atoms with Crippen LogP contribution in [-0.4, -0.2) is 30.6 Å². The molecule has 1 aliphatic heterocycles. The Morgan fingerprint density at radius 1 is 1.00 bits per heavy atom. The minimum Gasteiger partial charge on any atom is -0.289 e. The van der Waals surface area contributed by atoms with Gasteiger partial charge in [0.1, 0.15) is 0 Å². The summed E-state index contributed by atoms with van der Waals surface area (Å²) in [5, 5.41) is 0. The summed E-state index contributed by atoms with van der Waals surface area (Å²) in [6.45, 7) is 22.1. The molecule has 1 nitrogen and oxygen atoms in total. The average molecular weight is 282 g/mol. The van der Waals surface area contributed by atoms with Crippen molar-refractivity contribution in [2.45, 2.75) is 91.3 Å². The van der Waals surface area contributed by atoms with Crippen molar-refractivity contribution in [2.75, 3.05) is 0 Å². The van der Waals surface area contributed by atoms with Gasteiger partial charge >= 0.3 is 0 Å². The summed E-state index contributed by atoms with van der Waals surface area (Å²) in [5.41, 5.74) is 0.876. The first-order chi connectivity index (χ1) is 8.32. The molecule has 0 aromatic rings. The van der Waals surface area contributed by atoms with E-state index in [4.69, 9.17) is 0 Å². The van der Waals surface area contributed by atoms with E-state index in [1.807, 2.05) is 0 Å².